The molecule has 0 aliphatic carbocycles. The number of hydrogen-bond donors (Lipinski definition) is 0. The fourth-order valence-corrected chi connectivity index (χ4v) is 5.22. The van der Waals surface area contributed by atoms with Crippen LogP contribution in [0.25, 0.3) is 73.3 Å². The van der Waals surface area contributed by atoms with Crippen molar-refractivity contribution >= 4 is 21.8 Å². The molecule has 0 radical (unpaired) electrons. The number of aromatic nitrogens is 5. The number of para-hydroxylation sites is 1. The third-order valence-electron chi connectivity index (χ3n) is 7.16. The quantitative estimate of drug-likeness (QED) is 0.223. The average molecular weight is 532 g/mol. The summed E-state index contributed by atoms with van der Waals surface area (Å²) >= 11 is 0. The van der Waals surface area contributed by atoms with Crippen molar-refractivity contribution in [2.45, 2.75) is 0 Å². The minimum absolute atomic E-state index is 0.465. The Morgan fingerprint density at radius 1 is 0.390 bits per heavy atom. The Kier molecular flexibility index (Phi) is 5.31. The Balaban J connectivity index is 1.29. The SMILES string of the molecule is c1ccc(-c2nnc(-c3ccc4c(c3)c3cc(-c5nnc(-c6ccccc6)o5)ccc3n4-c3ccccc3)o2)cc1. The van der Waals surface area contributed by atoms with E-state index in [4.69, 9.17) is 8.83 Å². The molecule has 0 aliphatic rings. The highest BCUT2D eigenvalue weighted by Gasteiger charge is 2.18. The predicted molar refractivity (Wildman–Crippen MR) is 158 cm³/mol. The molecule has 5 aromatic carbocycles. The fraction of sp³-hybridized carbons (Fsp3) is 0. The number of rotatable bonds is 5. The van der Waals surface area contributed by atoms with Gasteiger partial charge in [-0.3, -0.25) is 0 Å². The highest BCUT2D eigenvalue weighted by atomic mass is 16.4. The number of nitrogens with zero attached hydrogens (tertiary/aromatic N) is 5. The third-order valence-corrected chi connectivity index (χ3v) is 7.16. The lowest BCUT2D eigenvalue weighted by Crippen LogP contribution is -1.93. The summed E-state index contributed by atoms with van der Waals surface area (Å²) in [7, 11) is 0. The molecular formula is C34H21N5O2. The summed E-state index contributed by atoms with van der Waals surface area (Å²) in [5.74, 6) is 1.90. The zero-order valence-electron chi connectivity index (χ0n) is 21.7. The molecular weight excluding hydrogens is 510 g/mol. The van der Waals surface area contributed by atoms with Gasteiger partial charge in [-0.2, -0.15) is 0 Å². The second-order valence-corrected chi connectivity index (χ2v) is 9.69. The summed E-state index contributed by atoms with van der Waals surface area (Å²) in [5.41, 5.74) is 6.64. The van der Waals surface area contributed by atoms with Gasteiger partial charge in [0, 0.05) is 38.7 Å². The van der Waals surface area contributed by atoms with E-state index in [-0.39, 0.29) is 0 Å². The van der Waals surface area contributed by atoms with E-state index in [1.54, 1.807) is 0 Å². The molecule has 7 heteroatoms. The van der Waals surface area contributed by atoms with Crippen molar-refractivity contribution in [2.24, 2.45) is 0 Å². The maximum Gasteiger partial charge on any atom is 0.248 e. The molecule has 8 aromatic rings. The van der Waals surface area contributed by atoms with Gasteiger partial charge in [-0.15, -0.1) is 20.4 Å². The van der Waals surface area contributed by atoms with Crippen LogP contribution in [0.15, 0.2) is 136 Å². The average Bonchev–Trinajstić information content (AvgIpc) is 3.80. The van der Waals surface area contributed by atoms with Crippen molar-refractivity contribution in [3.8, 4) is 51.5 Å². The second-order valence-electron chi connectivity index (χ2n) is 9.69. The Labute approximate surface area is 234 Å². The van der Waals surface area contributed by atoms with Crippen molar-refractivity contribution < 1.29 is 8.83 Å². The van der Waals surface area contributed by atoms with E-state index in [1.165, 1.54) is 0 Å². The largest absolute Gasteiger partial charge is 0.416 e. The molecule has 0 amide bonds. The summed E-state index contributed by atoms with van der Waals surface area (Å²) in [5, 5.41) is 19.4. The number of benzene rings is 5. The van der Waals surface area contributed by atoms with Gasteiger partial charge < -0.3 is 13.4 Å². The van der Waals surface area contributed by atoms with Gasteiger partial charge in [0.25, 0.3) is 0 Å². The van der Waals surface area contributed by atoms with E-state index < -0.39 is 0 Å². The van der Waals surface area contributed by atoms with E-state index in [0.29, 0.717) is 23.6 Å². The van der Waals surface area contributed by atoms with Crippen molar-refractivity contribution in [2.75, 3.05) is 0 Å². The highest BCUT2D eigenvalue weighted by molar-refractivity contribution is 6.11. The number of hydrogen-bond acceptors (Lipinski definition) is 6. The van der Waals surface area contributed by atoms with Crippen molar-refractivity contribution in [3.63, 3.8) is 0 Å². The summed E-state index contributed by atoms with van der Waals surface area (Å²) < 4.78 is 14.4. The molecule has 0 atom stereocenters. The molecule has 41 heavy (non-hydrogen) atoms. The topological polar surface area (TPSA) is 82.8 Å². The lowest BCUT2D eigenvalue weighted by atomic mass is 10.1. The van der Waals surface area contributed by atoms with Crippen LogP contribution < -0.4 is 0 Å². The molecule has 0 N–H and O–H groups in total. The van der Waals surface area contributed by atoms with Crippen LogP contribution in [0.4, 0.5) is 0 Å². The fourth-order valence-electron chi connectivity index (χ4n) is 5.22. The molecule has 0 spiro atoms. The van der Waals surface area contributed by atoms with Gasteiger partial charge in [0.1, 0.15) is 0 Å². The maximum absolute atomic E-state index is 6.08. The molecule has 0 saturated carbocycles. The molecule has 0 aliphatic heterocycles. The Hall–Kier alpha value is -5.82. The zero-order valence-corrected chi connectivity index (χ0v) is 21.7. The smallest absolute Gasteiger partial charge is 0.248 e. The van der Waals surface area contributed by atoms with E-state index in [2.05, 4.69) is 61.4 Å². The molecule has 8 rings (SSSR count). The molecule has 3 aromatic heterocycles. The molecule has 7 nitrogen and oxygen atoms in total. The molecule has 3 heterocycles. The van der Waals surface area contributed by atoms with Crippen LogP contribution in [0, 0.1) is 0 Å². The highest BCUT2D eigenvalue weighted by Crippen LogP contribution is 2.37. The Morgan fingerprint density at radius 3 is 1.22 bits per heavy atom. The Morgan fingerprint density at radius 2 is 0.780 bits per heavy atom. The molecule has 0 fully saturated rings. The lowest BCUT2D eigenvalue weighted by molar-refractivity contribution is 0.584. The summed E-state index contributed by atoms with van der Waals surface area (Å²) in [4.78, 5) is 0. The van der Waals surface area contributed by atoms with E-state index >= 15 is 0 Å². The first-order valence-electron chi connectivity index (χ1n) is 13.2. The summed E-state index contributed by atoms with van der Waals surface area (Å²) in [6.07, 6.45) is 0. The standard InChI is InChI=1S/C34H21N5O2/c1-4-10-22(11-5-1)31-35-37-33(40-31)24-16-18-29-27(20-24)28-21-25(17-19-30(28)39(29)26-14-8-3-9-15-26)34-38-36-32(41-34)23-12-6-2-7-13-23/h1-21H. The van der Waals surface area contributed by atoms with Crippen LogP contribution in [-0.4, -0.2) is 25.0 Å². The minimum atomic E-state index is 0.465. The van der Waals surface area contributed by atoms with E-state index in [0.717, 1.165) is 49.7 Å². The van der Waals surface area contributed by atoms with Gasteiger partial charge in [0.2, 0.25) is 23.6 Å². The van der Waals surface area contributed by atoms with Gasteiger partial charge in [-0.25, -0.2) is 0 Å². The van der Waals surface area contributed by atoms with Crippen LogP contribution >= 0.6 is 0 Å². The first-order valence-corrected chi connectivity index (χ1v) is 13.2. The van der Waals surface area contributed by atoms with Crippen LogP contribution in [0.1, 0.15) is 0 Å². The van der Waals surface area contributed by atoms with E-state index in [9.17, 15) is 0 Å². The van der Waals surface area contributed by atoms with Crippen LogP contribution in [0.5, 0.6) is 0 Å². The van der Waals surface area contributed by atoms with Crippen LogP contribution in [0.3, 0.4) is 0 Å². The number of fused-ring (bicyclic) bond motifs is 3. The minimum Gasteiger partial charge on any atom is -0.416 e. The second kappa shape index (κ2) is 9.43. The molecule has 0 unspecified atom stereocenters. The zero-order chi connectivity index (χ0) is 27.2. The van der Waals surface area contributed by atoms with Crippen LogP contribution in [0.2, 0.25) is 0 Å². The van der Waals surface area contributed by atoms with Crippen molar-refractivity contribution in [1.29, 1.82) is 0 Å². The van der Waals surface area contributed by atoms with Gasteiger partial charge in [0.05, 0.1) is 11.0 Å². The molecule has 0 saturated heterocycles. The van der Waals surface area contributed by atoms with Gasteiger partial charge in [-0.05, 0) is 72.8 Å². The van der Waals surface area contributed by atoms with E-state index in [1.807, 2.05) is 91.0 Å². The van der Waals surface area contributed by atoms with Gasteiger partial charge >= 0.3 is 0 Å². The van der Waals surface area contributed by atoms with Crippen LogP contribution in [-0.2, 0) is 0 Å². The lowest BCUT2D eigenvalue weighted by Gasteiger charge is -2.07. The monoisotopic (exact) mass is 531 g/mol. The molecule has 0 bridgehead atoms. The van der Waals surface area contributed by atoms with Gasteiger partial charge in [-0.1, -0.05) is 54.6 Å². The maximum atomic E-state index is 6.08. The molecule has 194 valence electrons. The summed E-state index contributed by atoms with van der Waals surface area (Å²) in [6.45, 7) is 0. The summed E-state index contributed by atoms with van der Waals surface area (Å²) in [6, 6.07) is 42.3. The normalized spacial score (nSPS) is 11.4. The third kappa shape index (κ3) is 3.99. The predicted octanol–water partition coefficient (Wildman–Crippen LogP) is 8.22. The van der Waals surface area contributed by atoms with Gasteiger partial charge in [0.15, 0.2) is 0 Å². The first-order chi connectivity index (χ1) is 20.3. The van der Waals surface area contributed by atoms with Crippen molar-refractivity contribution in [3.05, 3.63) is 127 Å². The first kappa shape index (κ1) is 23.1. The van der Waals surface area contributed by atoms with Crippen molar-refractivity contribution in [1.82, 2.24) is 25.0 Å². The Bertz CT molecular complexity index is 2010.